The maximum Gasteiger partial charge on any atom is 0.512 e. The third-order valence-corrected chi connectivity index (χ3v) is 3.27. The second-order valence-electron chi connectivity index (χ2n) is 4.90. The predicted molar refractivity (Wildman–Crippen MR) is 69.2 cm³/mol. The van der Waals surface area contributed by atoms with E-state index in [-0.39, 0.29) is 12.0 Å². The molecule has 1 N–H and O–H groups in total. The zero-order chi connectivity index (χ0) is 15.8. The molecule has 112 valence electrons. The van der Waals surface area contributed by atoms with E-state index in [2.05, 4.69) is 11.8 Å². The number of halogens is 4. The van der Waals surface area contributed by atoms with Crippen molar-refractivity contribution in [3.63, 3.8) is 0 Å². The van der Waals surface area contributed by atoms with E-state index in [4.69, 9.17) is 0 Å². The molecule has 0 unspecified atom stereocenters. The Morgan fingerprint density at radius 1 is 1.38 bits per heavy atom. The van der Waals surface area contributed by atoms with Gasteiger partial charge in [0.2, 0.25) is 5.60 Å². The molecule has 1 aromatic rings. The van der Waals surface area contributed by atoms with Gasteiger partial charge in [0.05, 0.1) is 5.82 Å². The van der Waals surface area contributed by atoms with Gasteiger partial charge in [-0.1, -0.05) is 23.4 Å². The Hall–Kier alpha value is -2.01. The van der Waals surface area contributed by atoms with Gasteiger partial charge in [0.1, 0.15) is 0 Å². The first-order valence-electron chi connectivity index (χ1n) is 6.14. The average Bonchev–Trinajstić information content (AvgIpc) is 2.65. The van der Waals surface area contributed by atoms with Crippen molar-refractivity contribution in [2.24, 2.45) is 0 Å². The van der Waals surface area contributed by atoms with E-state index in [0.29, 0.717) is 18.7 Å². The Morgan fingerprint density at radius 2 is 2.05 bits per heavy atom. The zero-order valence-corrected chi connectivity index (χ0v) is 11.0. The van der Waals surface area contributed by atoms with E-state index < -0.39 is 29.8 Å². The number of benzene rings is 1. The summed E-state index contributed by atoms with van der Waals surface area (Å²) in [5.74, 6) is 2.63. The highest BCUT2D eigenvalue weighted by Gasteiger charge is 2.42. The standard InChI is InChI=1S/C13H11BF4NO2/c1-19-7-6-13(21,12(19)20)5-4-9-2-3-11(15)10(8-9)14(16,17)18/h2-3,8,21H,6-7H2,1H3/q-1/t13-/m0/s1. The number of amides is 1. The summed E-state index contributed by atoms with van der Waals surface area (Å²) in [6, 6.07) is 2.32. The normalized spacial score (nSPS) is 22.2. The van der Waals surface area contributed by atoms with Gasteiger partial charge < -0.3 is 23.0 Å². The van der Waals surface area contributed by atoms with Crippen LogP contribution in [0.5, 0.6) is 0 Å². The Balaban J connectivity index is 2.34. The quantitative estimate of drug-likeness (QED) is 0.474. The molecule has 8 heteroatoms. The maximum atomic E-state index is 13.1. The van der Waals surface area contributed by atoms with E-state index in [9.17, 15) is 27.2 Å². The summed E-state index contributed by atoms with van der Waals surface area (Å²) in [6.45, 7) is -5.18. The van der Waals surface area contributed by atoms with Crippen LogP contribution in [-0.2, 0) is 4.79 Å². The topological polar surface area (TPSA) is 40.5 Å². The van der Waals surface area contributed by atoms with Crippen LogP contribution < -0.4 is 5.46 Å². The summed E-state index contributed by atoms with van der Waals surface area (Å²) in [5.41, 5.74) is -3.38. The fourth-order valence-electron chi connectivity index (χ4n) is 2.02. The van der Waals surface area contributed by atoms with Crippen LogP contribution in [0.4, 0.5) is 17.3 Å². The molecule has 21 heavy (non-hydrogen) atoms. The lowest BCUT2D eigenvalue weighted by atomic mass is 9.79. The van der Waals surface area contributed by atoms with Crippen LogP contribution in [0.2, 0.25) is 0 Å². The molecular formula is C13H11BF4NO2-. The second kappa shape index (κ2) is 5.08. The Morgan fingerprint density at radius 3 is 2.57 bits per heavy atom. The number of aliphatic hydroxyl groups is 1. The van der Waals surface area contributed by atoms with Gasteiger partial charge in [0, 0.05) is 25.6 Å². The monoisotopic (exact) mass is 300 g/mol. The Kier molecular flexibility index (Phi) is 3.72. The van der Waals surface area contributed by atoms with Gasteiger partial charge in [-0.2, -0.15) is 0 Å². The van der Waals surface area contributed by atoms with Gasteiger partial charge >= 0.3 is 6.98 Å². The highest BCUT2D eigenvalue weighted by atomic mass is 19.4. The molecule has 0 aromatic heterocycles. The third-order valence-electron chi connectivity index (χ3n) is 3.27. The van der Waals surface area contributed by atoms with Crippen LogP contribution in [0, 0.1) is 17.7 Å². The van der Waals surface area contributed by atoms with E-state index in [1.54, 1.807) is 0 Å². The third kappa shape index (κ3) is 3.03. The second-order valence-corrected chi connectivity index (χ2v) is 4.90. The van der Waals surface area contributed by atoms with Gasteiger partial charge in [-0.05, 0) is 12.1 Å². The first-order valence-corrected chi connectivity index (χ1v) is 6.14. The molecule has 1 amide bonds. The van der Waals surface area contributed by atoms with E-state index >= 15 is 0 Å². The van der Waals surface area contributed by atoms with Crippen molar-refractivity contribution < 1.29 is 27.2 Å². The number of nitrogens with zero attached hydrogens (tertiary/aromatic N) is 1. The molecule has 0 aliphatic carbocycles. The average molecular weight is 300 g/mol. The minimum Gasteiger partial charge on any atom is -0.445 e. The van der Waals surface area contributed by atoms with Gasteiger partial charge in [-0.3, -0.25) is 4.79 Å². The summed E-state index contributed by atoms with van der Waals surface area (Å²) in [5, 5.41) is 10.0. The molecular weight excluding hydrogens is 289 g/mol. The van der Waals surface area contributed by atoms with Crippen molar-refractivity contribution in [1.82, 2.24) is 4.90 Å². The lowest BCUT2D eigenvalue weighted by molar-refractivity contribution is -0.137. The molecule has 1 heterocycles. The van der Waals surface area contributed by atoms with E-state index in [0.717, 1.165) is 6.07 Å². The summed E-state index contributed by atoms with van der Waals surface area (Å²) in [7, 11) is 1.49. The Bertz CT molecular complexity index is 650. The van der Waals surface area contributed by atoms with Crippen molar-refractivity contribution in [3.05, 3.63) is 29.6 Å². The van der Waals surface area contributed by atoms with Crippen LogP contribution in [0.25, 0.3) is 0 Å². The van der Waals surface area contributed by atoms with Crippen LogP contribution in [-0.4, -0.2) is 42.1 Å². The van der Waals surface area contributed by atoms with E-state index in [1.807, 2.05) is 0 Å². The molecule has 0 bridgehead atoms. The van der Waals surface area contributed by atoms with Crippen LogP contribution in [0.1, 0.15) is 12.0 Å². The summed E-state index contributed by atoms with van der Waals surface area (Å²) < 4.78 is 51.0. The van der Waals surface area contributed by atoms with Gasteiger partial charge in [0.25, 0.3) is 5.91 Å². The molecule has 0 radical (unpaired) electrons. The SMILES string of the molecule is CN1CC[C@@](O)(C#Cc2ccc(F)c([B-](F)(F)F)c2)C1=O. The molecule has 3 nitrogen and oxygen atoms in total. The lowest BCUT2D eigenvalue weighted by Gasteiger charge is -2.16. The number of carbonyl (C=O) groups excluding carboxylic acids is 1. The molecule has 1 saturated heterocycles. The zero-order valence-electron chi connectivity index (χ0n) is 11.0. The van der Waals surface area contributed by atoms with Gasteiger partial charge in [-0.25, -0.2) is 4.39 Å². The summed E-state index contributed by atoms with van der Waals surface area (Å²) in [4.78, 5) is 12.9. The van der Waals surface area contributed by atoms with E-state index in [1.165, 1.54) is 11.9 Å². The summed E-state index contributed by atoms with van der Waals surface area (Å²) in [6.07, 6.45) is 0.0760. The number of carbonyl (C=O) groups is 1. The largest absolute Gasteiger partial charge is 0.512 e. The smallest absolute Gasteiger partial charge is 0.445 e. The molecule has 1 aliphatic rings. The van der Waals surface area contributed by atoms with Crippen molar-refractivity contribution in [3.8, 4) is 11.8 Å². The molecule has 1 aromatic carbocycles. The van der Waals surface area contributed by atoms with Crippen molar-refractivity contribution in [2.75, 3.05) is 13.6 Å². The first kappa shape index (κ1) is 15.4. The highest BCUT2D eigenvalue weighted by Crippen LogP contribution is 2.21. The number of likely N-dealkylation sites (N-methyl/N-ethyl adjacent to an activating group) is 1. The maximum absolute atomic E-state index is 13.1. The minimum atomic E-state index is -5.49. The number of rotatable bonds is 1. The van der Waals surface area contributed by atoms with Gasteiger partial charge in [-0.15, -0.1) is 0 Å². The molecule has 0 saturated carbocycles. The highest BCUT2D eigenvalue weighted by molar-refractivity contribution is 6.73. The number of likely N-dealkylation sites (tertiary alicyclic amines) is 1. The molecule has 2 rings (SSSR count). The minimum absolute atomic E-state index is 0.0760. The van der Waals surface area contributed by atoms with Crippen molar-refractivity contribution in [2.45, 2.75) is 12.0 Å². The van der Waals surface area contributed by atoms with Crippen molar-refractivity contribution >= 4 is 18.3 Å². The fourth-order valence-corrected chi connectivity index (χ4v) is 2.02. The number of hydrogen-bond acceptors (Lipinski definition) is 2. The van der Waals surface area contributed by atoms with Crippen LogP contribution in [0.15, 0.2) is 18.2 Å². The van der Waals surface area contributed by atoms with Crippen LogP contribution in [0.3, 0.4) is 0 Å². The number of hydrogen-bond donors (Lipinski definition) is 1. The lowest BCUT2D eigenvalue weighted by Crippen LogP contribution is -2.37. The van der Waals surface area contributed by atoms with Crippen LogP contribution >= 0.6 is 0 Å². The van der Waals surface area contributed by atoms with Gasteiger partial charge in [0.15, 0.2) is 0 Å². The molecule has 1 aliphatic heterocycles. The predicted octanol–water partition coefficient (Wildman–Crippen LogP) is 0.825. The molecule has 1 atom stereocenters. The fraction of sp³-hybridized carbons (Fsp3) is 0.308. The summed E-state index contributed by atoms with van der Waals surface area (Å²) >= 11 is 0. The first-order chi connectivity index (χ1) is 9.63. The van der Waals surface area contributed by atoms with Crippen molar-refractivity contribution in [1.29, 1.82) is 0 Å². The molecule has 1 fully saturated rings. The molecule has 0 spiro atoms. The Labute approximate surface area is 118 Å².